The summed E-state index contributed by atoms with van der Waals surface area (Å²) in [5, 5.41) is 3.03. The summed E-state index contributed by atoms with van der Waals surface area (Å²) in [4.78, 5) is 32.3. The highest BCUT2D eigenvalue weighted by molar-refractivity contribution is 6.13. The Bertz CT molecular complexity index is 702. The molecule has 1 N–H and O–H groups in total. The van der Waals surface area contributed by atoms with E-state index < -0.39 is 5.41 Å². The van der Waals surface area contributed by atoms with Crippen LogP contribution >= 0.6 is 0 Å². The van der Waals surface area contributed by atoms with Crippen LogP contribution in [0.5, 0.6) is 0 Å². The summed E-state index contributed by atoms with van der Waals surface area (Å²) in [5.74, 6) is -0.143. The predicted octanol–water partition coefficient (Wildman–Crippen LogP) is 2.33. The van der Waals surface area contributed by atoms with Crippen molar-refractivity contribution < 1.29 is 9.59 Å². The number of benzene rings is 1. The molecule has 1 aliphatic heterocycles. The fourth-order valence-electron chi connectivity index (χ4n) is 3.79. The van der Waals surface area contributed by atoms with E-state index in [4.69, 9.17) is 0 Å². The molecule has 1 aromatic carbocycles. The number of anilines is 2. The van der Waals surface area contributed by atoms with Gasteiger partial charge < -0.3 is 20.0 Å². The molecule has 0 bridgehead atoms. The molecule has 2 aliphatic rings. The van der Waals surface area contributed by atoms with Crippen LogP contribution in [0.2, 0.25) is 0 Å². The van der Waals surface area contributed by atoms with Crippen molar-refractivity contribution >= 4 is 23.2 Å². The maximum Gasteiger partial charge on any atom is 0.240 e. The standard InChI is InChI=1S/C21H32N4O2/c1-5-24(6-2)17-7-8-18(16(3)15-17)22-19(26)21(9-10-21)20(27)25-13-11-23(4)12-14-25/h7-8,15H,5-6,9-14H2,1-4H3,(H,22,26). The van der Waals surface area contributed by atoms with Gasteiger partial charge in [0.25, 0.3) is 0 Å². The highest BCUT2D eigenvalue weighted by atomic mass is 16.2. The topological polar surface area (TPSA) is 55.9 Å². The number of carbonyl (C=O) groups is 2. The van der Waals surface area contributed by atoms with Crippen LogP contribution in [0.15, 0.2) is 18.2 Å². The highest BCUT2D eigenvalue weighted by Gasteiger charge is 2.58. The molecular weight excluding hydrogens is 340 g/mol. The van der Waals surface area contributed by atoms with E-state index in [2.05, 4.69) is 42.1 Å². The third-order valence-corrected chi connectivity index (χ3v) is 5.97. The first-order chi connectivity index (χ1) is 12.9. The second-order valence-corrected chi connectivity index (χ2v) is 7.80. The van der Waals surface area contributed by atoms with Crippen molar-refractivity contribution in [3.63, 3.8) is 0 Å². The SMILES string of the molecule is CCN(CC)c1ccc(NC(=O)C2(C(=O)N3CCN(C)CC3)CC2)c(C)c1. The summed E-state index contributed by atoms with van der Waals surface area (Å²) in [5.41, 5.74) is 2.13. The Balaban J connectivity index is 1.69. The van der Waals surface area contributed by atoms with Crippen molar-refractivity contribution in [2.24, 2.45) is 5.41 Å². The maximum atomic E-state index is 13.0. The zero-order valence-electron chi connectivity index (χ0n) is 17.0. The van der Waals surface area contributed by atoms with E-state index in [-0.39, 0.29) is 11.8 Å². The Labute approximate surface area is 162 Å². The number of carbonyl (C=O) groups excluding carboxylic acids is 2. The molecule has 2 fully saturated rings. The number of nitrogens with zero attached hydrogens (tertiary/aromatic N) is 3. The van der Waals surface area contributed by atoms with Crippen LogP contribution in [0, 0.1) is 12.3 Å². The van der Waals surface area contributed by atoms with Crippen LogP contribution < -0.4 is 10.2 Å². The minimum absolute atomic E-state index is 0.00511. The number of rotatable bonds is 6. The van der Waals surface area contributed by atoms with Crippen molar-refractivity contribution in [2.45, 2.75) is 33.6 Å². The number of aryl methyl sites for hydroxylation is 1. The number of piperazine rings is 1. The minimum Gasteiger partial charge on any atom is -0.372 e. The van der Waals surface area contributed by atoms with Crippen LogP contribution in [0.4, 0.5) is 11.4 Å². The van der Waals surface area contributed by atoms with E-state index in [1.807, 2.05) is 24.0 Å². The Hall–Kier alpha value is -2.08. The molecule has 148 valence electrons. The quantitative estimate of drug-likeness (QED) is 0.779. The molecule has 0 atom stereocenters. The summed E-state index contributed by atoms with van der Waals surface area (Å²) in [6, 6.07) is 6.10. The van der Waals surface area contributed by atoms with Crippen molar-refractivity contribution in [2.75, 3.05) is 56.5 Å². The lowest BCUT2D eigenvalue weighted by Crippen LogP contribution is -2.51. The van der Waals surface area contributed by atoms with E-state index >= 15 is 0 Å². The van der Waals surface area contributed by atoms with Gasteiger partial charge in [0.05, 0.1) is 0 Å². The van der Waals surface area contributed by atoms with Gasteiger partial charge in [0.15, 0.2) is 0 Å². The van der Waals surface area contributed by atoms with Gasteiger partial charge in [-0.25, -0.2) is 0 Å². The van der Waals surface area contributed by atoms with Gasteiger partial charge in [-0.2, -0.15) is 0 Å². The second kappa shape index (κ2) is 7.89. The summed E-state index contributed by atoms with van der Waals surface area (Å²) in [6.45, 7) is 11.3. The summed E-state index contributed by atoms with van der Waals surface area (Å²) in [7, 11) is 2.06. The summed E-state index contributed by atoms with van der Waals surface area (Å²) in [6.07, 6.45) is 1.31. The Morgan fingerprint density at radius 1 is 1.11 bits per heavy atom. The molecule has 3 rings (SSSR count). The van der Waals surface area contributed by atoms with Crippen LogP contribution in [0.3, 0.4) is 0 Å². The molecule has 1 heterocycles. The van der Waals surface area contributed by atoms with Crippen molar-refractivity contribution in [3.05, 3.63) is 23.8 Å². The van der Waals surface area contributed by atoms with Gasteiger partial charge in [-0.05, 0) is 64.4 Å². The highest BCUT2D eigenvalue weighted by Crippen LogP contribution is 2.48. The normalized spacial score (nSPS) is 18.9. The number of nitrogens with one attached hydrogen (secondary N) is 1. The molecule has 0 spiro atoms. The molecule has 2 amide bonds. The largest absolute Gasteiger partial charge is 0.372 e. The molecule has 1 aromatic rings. The molecule has 0 unspecified atom stereocenters. The molecule has 27 heavy (non-hydrogen) atoms. The monoisotopic (exact) mass is 372 g/mol. The third kappa shape index (κ3) is 3.95. The molecule has 1 saturated heterocycles. The van der Waals surface area contributed by atoms with Gasteiger partial charge >= 0.3 is 0 Å². The third-order valence-electron chi connectivity index (χ3n) is 5.97. The van der Waals surface area contributed by atoms with Crippen LogP contribution in [-0.2, 0) is 9.59 Å². The molecule has 0 aromatic heterocycles. The fraction of sp³-hybridized carbons (Fsp3) is 0.619. The van der Waals surface area contributed by atoms with E-state index in [0.717, 1.165) is 43.1 Å². The molecule has 6 heteroatoms. The minimum atomic E-state index is -0.847. The molecular formula is C21H32N4O2. The van der Waals surface area contributed by atoms with E-state index in [9.17, 15) is 9.59 Å². The predicted molar refractivity (Wildman–Crippen MR) is 109 cm³/mol. The molecule has 1 saturated carbocycles. The fourth-order valence-corrected chi connectivity index (χ4v) is 3.79. The van der Waals surface area contributed by atoms with Crippen LogP contribution in [0.25, 0.3) is 0 Å². The Morgan fingerprint density at radius 3 is 2.26 bits per heavy atom. The van der Waals surface area contributed by atoms with Crippen molar-refractivity contribution in [3.8, 4) is 0 Å². The first kappa shape index (κ1) is 19.7. The average Bonchev–Trinajstić information content (AvgIpc) is 3.47. The average molecular weight is 373 g/mol. The first-order valence-corrected chi connectivity index (χ1v) is 10.1. The molecule has 1 aliphatic carbocycles. The van der Waals surface area contributed by atoms with Crippen molar-refractivity contribution in [1.29, 1.82) is 0 Å². The summed E-state index contributed by atoms with van der Waals surface area (Å²) >= 11 is 0. The Kier molecular flexibility index (Phi) is 5.75. The lowest BCUT2D eigenvalue weighted by molar-refractivity contribution is -0.143. The van der Waals surface area contributed by atoms with Crippen LogP contribution in [0.1, 0.15) is 32.3 Å². The second-order valence-electron chi connectivity index (χ2n) is 7.80. The first-order valence-electron chi connectivity index (χ1n) is 10.1. The van der Waals surface area contributed by atoms with E-state index in [1.54, 1.807) is 0 Å². The number of amides is 2. The van der Waals surface area contributed by atoms with Gasteiger partial charge in [-0.3, -0.25) is 9.59 Å². The summed E-state index contributed by atoms with van der Waals surface area (Å²) < 4.78 is 0. The lowest BCUT2D eigenvalue weighted by atomic mass is 10.0. The van der Waals surface area contributed by atoms with Crippen molar-refractivity contribution in [1.82, 2.24) is 9.80 Å². The zero-order valence-corrected chi connectivity index (χ0v) is 17.0. The van der Waals surface area contributed by atoms with Gasteiger partial charge in [0, 0.05) is 50.6 Å². The number of hydrogen-bond donors (Lipinski definition) is 1. The van der Waals surface area contributed by atoms with Gasteiger partial charge in [-0.1, -0.05) is 0 Å². The van der Waals surface area contributed by atoms with E-state index in [0.29, 0.717) is 25.9 Å². The lowest BCUT2D eigenvalue weighted by Gasteiger charge is -2.34. The van der Waals surface area contributed by atoms with Gasteiger partial charge in [0.2, 0.25) is 11.8 Å². The molecule has 6 nitrogen and oxygen atoms in total. The smallest absolute Gasteiger partial charge is 0.240 e. The zero-order chi connectivity index (χ0) is 19.6. The Morgan fingerprint density at radius 2 is 1.74 bits per heavy atom. The van der Waals surface area contributed by atoms with E-state index in [1.165, 1.54) is 0 Å². The van der Waals surface area contributed by atoms with Gasteiger partial charge in [0.1, 0.15) is 5.41 Å². The molecule has 0 radical (unpaired) electrons. The number of likely N-dealkylation sites (N-methyl/N-ethyl adjacent to an activating group) is 1. The number of hydrogen-bond acceptors (Lipinski definition) is 4. The maximum absolute atomic E-state index is 13.0. The van der Waals surface area contributed by atoms with Crippen LogP contribution in [-0.4, -0.2) is 67.9 Å². The van der Waals surface area contributed by atoms with Gasteiger partial charge in [-0.15, -0.1) is 0 Å².